The topological polar surface area (TPSA) is 55.4 Å². The molecule has 2 rings (SSSR count). The Morgan fingerprint density at radius 1 is 1.50 bits per heavy atom. The zero-order chi connectivity index (χ0) is 11.9. The summed E-state index contributed by atoms with van der Waals surface area (Å²) in [5.41, 5.74) is 1.06. The van der Waals surface area contributed by atoms with Gasteiger partial charge in [0.25, 0.3) is 5.91 Å². The van der Waals surface area contributed by atoms with Crippen LogP contribution in [0.15, 0.2) is 16.6 Å². The molecule has 1 atom stereocenters. The summed E-state index contributed by atoms with van der Waals surface area (Å²) in [6, 6.07) is 3.30. The van der Waals surface area contributed by atoms with Gasteiger partial charge in [-0.25, -0.2) is 0 Å². The molecule has 0 radical (unpaired) electrons. The van der Waals surface area contributed by atoms with E-state index in [1.165, 1.54) is 6.92 Å². The van der Waals surface area contributed by atoms with Crippen LogP contribution in [0.1, 0.15) is 24.2 Å². The van der Waals surface area contributed by atoms with Crippen molar-refractivity contribution >= 4 is 33.3 Å². The van der Waals surface area contributed by atoms with Crippen molar-refractivity contribution in [2.45, 2.75) is 20.0 Å². The predicted octanol–water partition coefficient (Wildman–Crippen LogP) is 2.37. The molecule has 0 fully saturated rings. The molecule has 1 heterocycles. The second kappa shape index (κ2) is 3.90. The van der Waals surface area contributed by atoms with Gasteiger partial charge in [-0.05, 0) is 41.9 Å². The monoisotopic (exact) mass is 283 g/mol. The van der Waals surface area contributed by atoms with Crippen molar-refractivity contribution in [2.24, 2.45) is 0 Å². The fourth-order valence-electron chi connectivity index (χ4n) is 1.47. The molecule has 1 N–H and O–H groups in total. The molecular weight excluding hydrogens is 274 g/mol. The maximum atomic E-state index is 11.4. The van der Waals surface area contributed by atoms with Crippen LogP contribution >= 0.6 is 15.9 Å². The number of carbonyl (C=O) groups excluding carboxylic acids is 2. The lowest BCUT2D eigenvalue weighted by molar-refractivity contribution is -0.122. The summed E-state index contributed by atoms with van der Waals surface area (Å²) in [6.07, 6.45) is -0.521. The largest absolute Gasteiger partial charge is 0.478 e. The van der Waals surface area contributed by atoms with Gasteiger partial charge in [0.15, 0.2) is 17.6 Å². The molecule has 0 aromatic heterocycles. The average molecular weight is 284 g/mol. The highest BCUT2D eigenvalue weighted by atomic mass is 79.9. The van der Waals surface area contributed by atoms with Gasteiger partial charge in [0.2, 0.25) is 0 Å². The fraction of sp³-hybridized carbons (Fsp3) is 0.273. The van der Waals surface area contributed by atoms with E-state index in [2.05, 4.69) is 21.2 Å². The van der Waals surface area contributed by atoms with Gasteiger partial charge >= 0.3 is 0 Å². The molecule has 1 amide bonds. The van der Waals surface area contributed by atoms with Crippen LogP contribution in [-0.2, 0) is 4.79 Å². The van der Waals surface area contributed by atoms with Crippen molar-refractivity contribution in [3.63, 3.8) is 0 Å². The van der Waals surface area contributed by atoms with Crippen molar-refractivity contribution in [1.82, 2.24) is 0 Å². The van der Waals surface area contributed by atoms with Gasteiger partial charge in [-0.3, -0.25) is 9.59 Å². The highest BCUT2D eigenvalue weighted by Gasteiger charge is 2.26. The van der Waals surface area contributed by atoms with Crippen molar-refractivity contribution in [2.75, 3.05) is 5.32 Å². The van der Waals surface area contributed by atoms with Crippen LogP contribution in [0.5, 0.6) is 5.75 Å². The number of hydrogen-bond acceptors (Lipinski definition) is 3. The first kappa shape index (κ1) is 11.1. The van der Waals surface area contributed by atoms with E-state index in [0.717, 1.165) is 0 Å². The smallest absolute Gasteiger partial charge is 0.265 e. The van der Waals surface area contributed by atoms with Gasteiger partial charge in [-0.2, -0.15) is 0 Å². The molecule has 0 bridgehead atoms. The van der Waals surface area contributed by atoms with Gasteiger partial charge in [-0.15, -0.1) is 0 Å². The Balaban J connectivity index is 2.52. The first-order chi connectivity index (χ1) is 7.49. The number of amides is 1. The molecule has 84 valence electrons. The van der Waals surface area contributed by atoms with E-state index in [4.69, 9.17) is 4.74 Å². The van der Waals surface area contributed by atoms with Crippen molar-refractivity contribution < 1.29 is 14.3 Å². The van der Waals surface area contributed by atoms with Gasteiger partial charge in [-0.1, -0.05) is 0 Å². The van der Waals surface area contributed by atoms with Gasteiger partial charge in [0.05, 0.1) is 10.2 Å². The lowest BCUT2D eigenvalue weighted by atomic mass is 10.1. The summed E-state index contributed by atoms with van der Waals surface area (Å²) in [7, 11) is 0. The maximum Gasteiger partial charge on any atom is 0.265 e. The lowest BCUT2D eigenvalue weighted by Gasteiger charge is -2.24. The quantitative estimate of drug-likeness (QED) is 0.805. The summed E-state index contributed by atoms with van der Waals surface area (Å²) in [4.78, 5) is 22.7. The molecule has 0 spiro atoms. The highest BCUT2D eigenvalue weighted by molar-refractivity contribution is 9.10. The number of anilines is 1. The predicted molar refractivity (Wildman–Crippen MR) is 62.9 cm³/mol. The van der Waals surface area contributed by atoms with Crippen LogP contribution in [0.25, 0.3) is 0 Å². The fourth-order valence-corrected chi connectivity index (χ4v) is 2.03. The van der Waals surface area contributed by atoms with E-state index in [1.807, 2.05) is 0 Å². The number of ketones is 1. The SMILES string of the molecule is CC(=O)c1cc(Br)c2c(c1)NC(=O)C(C)O2. The average Bonchev–Trinajstić information content (AvgIpc) is 2.20. The zero-order valence-corrected chi connectivity index (χ0v) is 10.4. The van der Waals surface area contributed by atoms with Gasteiger partial charge in [0, 0.05) is 5.56 Å². The lowest BCUT2D eigenvalue weighted by Crippen LogP contribution is -2.34. The summed E-state index contributed by atoms with van der Waals surface area (Å²) in [5, 5.41) is 2.70. The van der Waals surface area contributed by atoms with Crippen LogP contribution in [0.4, 0.5) is 5.69 Å². The summed E-state index contributed by atoms with van der Waals surface area (Å²) >= 11 is 3.32. The molecule has 1 unspecified atom stereocenters. The molecule has 1 aromatic carbocycles. The minimum Gasteiger partial charge on any atom is -0.478 e. The van der Waals surface area contributed by atoms with Crippen molar-refractivity contribution in [3.8, 4) is 5.75 Å². The molecule has 1 aliphatic rings. The minimum absolute atomic E-state index is 0.0589. The zero-order valence-electron chi connectivity index (χ0n) is 8.83. The molecule has 0 aliphatic carbocycles. The van der Waals surface area contributed by atoms with E-state index in [9.17, 15) is 9.59 Å². The minimum atomic E-state index is -0.521. The van der Waals surface area contributed by atoms with Crippen LogP contribution in [0.3, 0.4) is 0 Å². The first-order valence-corrected chi connectivity index (χ1v) is 5.60. The molecule has 5 heteroatoms. The Morgan fingerprint density at radius 2 is 2.19 bits per heavy atom. The van der Waals surface area contributed by atoms with Gasteiger partial charge < -0.3 is 10.1 Å². The van der Waals surface area contributed by atoms with E-state index < -0.39 is 6.10 Å². The van der Waals surface area contributed by atoms with Crippen molar-refractivity contribution in [1.29, 1.82) is 0 Å². The summed E-state index contributed by atoms with van der Waals surface area (Å²) in [6.45, 7) is 3.14. The third-order valence-corrected chi connectivity index (χ3v) is 2.96. The summed E-state index contributed by atoms with van der Waals surface area (Å²) in [5.74, 6) is 0.300. The van der Waals surface area contributed by atoms with E-state index in [-0.39, 0.29) is 11.7 Å². The molecule has 0 saturated carbocycles. The second-order valence-electron chi connectivity index (χ2n) is 3.64. The van der Waals surface area contributed by atoms with Gasteiger partial charge in [0.1, 0.15) is 0 Å². The first-order valence-electron chi connectivity index (χ1n) is 4.81. The molecule has 16 heavy (non-hydrogen) atoms. The normalized spacial score (nSPS) is 18.4. The van der Waals surface area contributed by atoms with Crippen molar-refractivity contribution in [3.05, 3.63) is 22.2 Å². The molecular formula is C11H10BrNO3. The van der Waals surface area contributed by atoms with E-state index >= 15 is 0 Å². The number of carbonyl (C=O) groups is 2. The molecule has 4 nitrogen and oxygen atoms in total. The number of fused-ring (bicyclic) bond motifs is 1. The molecule has 1 aliphatic heterocycles. The van der Waals surface area contributed by atoms with E-state index in [1.54, 1.807) is 19.1 Å². The molecule has 1 aromatic rings. The standard InChI is InChI=1S/C11H10BrNO3/c1-5(14)7-3-8(12)10-9(4-7)13-11(15)6(2)16-10/h3-4,6H,1-2H3,(H,13,15). The Kier molecular flexibility index (Phi) is 2.71. The number of ether oxygens (including phenoxy) is 1. The Morgan fingerprint density at radius 3 is 2.81 bits per heavy atom. The van der Waals surface area contributed by atoms with Crippen LogP contribution in [0, 0.1) is 0 Å². The second-order valence-corrected chi connectivity index (χ2v) is 4.49. The highest BCUT2D eigenvalue weighted by Crippen LogP contribution is 2.38. The Bertz CT molecular complexity index is 484. The van der Waals surface area contributed by atoms with E-state index in [0.29, 0.717) is 21.5 Å². The van der Waals surface area contributed by atoms with Crippen LogP contribution < -0.4 is 10.1 Å². The Hall–Kier alpha value is -1.36. The number of benzene rings is 1. The number of nitrogens with one attached hydrogen (secondary N) is 1. The number of halogens is 1. The molecule has 0 saturated heterocycles. The number of hydrogen-bond donors (Lipinski definition) is 1. The number of Topliss-reactive ketones (excluding diaryl/α,β-unsaturated/α-hetero) is 1. The van der Waals surface area contributed by atoms with Crippen LogP contribution in [-0.4, -0.2) is 17.8 Å². The third-order valence-electron chi connectivity index (χ3n) is 2.37. The summed E-state index contributed by atoms with van der Waals surface area (Å²) < 4.78 is 6.11. The number of rotatable bonds is 1. The Labute approximate surface area is 101 Å². The van der Waals surface area contributed by atoms with Crippen LogP contribution in [0.2, 0.25) is 0 Å². The third kappa shape index (κ3) is 1.82. The maximum absolute atomic E-state index is 11.4.